The van der Waals surface area contributed by atoms with E-state index < -0.39 is 0 Å². The predicted octanol–water partition coefficient (Wildman–Crippen LogP) is 4.94. The summed E-state index contributed by atoms with van der Waals surface area (Å²) in [7, 11) is 3.51. The summed E-state index contributed by atoms with van der Waals surface area (Å²) in [5.41, 5.74) is 12.1. The number of esters is 1. The number of fused-ring (bicyclic) bond motifs is 1. The summed E-state index contributed by atoms with van der Waals surface area (Å²) in [5.74, 6) is 0.730. The number of nitrogens with zero attached hydrogens (tertiary/aromatic N) is 4. The number of pyridine rings is 2. The molecule has 7 heteroatoms. The second kappa shape index (κ2) is 9.50. The fraction of sp³-hybridized carbons (Fsp3) is 0.321. The Morgan fingerprint density at radius 1 is 1.09 bits per heavy atom. The molecule has 180 valence electrons. The van der Waals surface area contributed by atoms with E-state index in [0.717, 1.165) is 48.1 Å². The zero-order valence-corrected chi connectivity index (χ0v) is 20.4. The molecule has 1 aliphatic rings. The first kappa shape index (κ1) is 23.1. The quantitative estimate of drug-likeness (QED) is 0.417. The van der Waals surface area contributed by atoms with Gasteiger partial charge < -0.3 is 15.0 Å². The van der Waals surface area contributed by atoms with Crippen LogP contribution >= 0.6 is 0 Å². The summed E-state index contributed by atoms with van der Waals surface area (Å²) in [5, 5.41) is 1.13. The predicted molar refractivity (Wildman–Crippen MR) is 138 cm³/mol. The average molecular weight is 470 g/mol. The Kier molecular flexibility index (Phi) is 6.26. The number of aryl methyl sites for hydroxylation is 1. The Labute approximate surface area is 205 Å². The minimum absolute atomic E-state index is 0.272. The molecule has 1 unspecified atom stereocenters. The van der Waals surface area contributed by atoms with Crippen molar-refractivity contribution in [3.63, 3.8) is 0 Å². The SMILES string of the molecule is COC(=O)c1ccc(C2CCN(C(C)c3cc4c(-c5ccc(N)nc5)ccnc4n3C)CC2)cc1. The number of aromatic nitrogens is 3. The monoisotopic (exact) mass is 469 g/mol. The Morgan fingerprint density at radius 3 is 2.49 bits per heavy atom. The fourth-order valence-corrected chi connectivity index (χ4v) is 5.27. The lowest BCUT2D eigenvalue weighted by Gasteiger charge is -2.36. The zero-order chi connectivity index (χ0) is 24.5. The molecule has 2 N–H and O–H groups in total. The summed E-state index contributed by atoms with van der Waals surface area (Å²) in [6.07, 6.45) is 5.86. The zero-order valence-electron chi connectivity index (χ0n) is 20.4. The highest BCUT2D eigenvalue weighted by atomic mass is 16.5. The fourth-order valence-electron chi connectivity index (χ4n) is 5.27. The summed E-state index contributed by atoms with van der Waals surface area (Å²) in [6.45, 7) is 4.33. The first-order valence-corrected chi connectivity index (χ1v) is 12.0. The molecule has 0 radical (unpaired) electrons. The van der Waals surface area contributed by atoms with E-state index in [0.29, 0.717) is 17.3 Å². The Bertz CT molecular complexity index is 1340. The Balaban J connectivity index is 1.33. The van der Waals surface area contributed by atoms with Crippen LogP contribution in [-0.4, -0.2) is 45.6 Å². The molecule has 1 fully saturated rings. The van der Waals surface area contributed by atoms with Crippen molar-refractivity contribution in [3.8, 4) is 11.1 Å². The number of benzene rings is 1. The third-order valence-electron chi connectivity index (χ3n) is 7.37. The van der Waals surface area contributed by atoms with Crippen LogP contribution in [0, 0.1) is 0 Å². The van der Waals surface area contributed by atoms with E-state index in [9.17, 15) is 4.79 Å². The number of piperidine rings is 1. The van der Waals surface area contributed by atoms with Crippen molar-refractivity contribution in [2.75, 3.05) is 25.9 Å². The van der Waals surface area contributed by atoms with Crippen LogP contribution in [0.2, 0.25) is 0 Å². The minimum atomic E-state index is -0.291. The summed E-state index contributed by atoms with van der Waals surface area (Å²) >= 11 is 0. The summed E-state index contributed by atoms with van der Waals surface area (Å²) in [4.78, 5) is 23.2. The molecule has 0 saturated carbocycles. The van der Waals surface area contributed by atoms with E-state index in [1.54, 1.807) is 0 Å². The molecular weight excluding hydrogens is 438 g/mol. The molecule has 35 heavy (non-hydrogen) atoms. The van der Waals surface area contributed by atoms with Gasteiger partial charge in [-0.05, 0) is 86.3 Å². The smallest absolute Gasteiger partial charge is 0.337 e. The molecule has 5 rings (SSSR count). The number of methoxy groups -OCH3 is 1. The maximum absolute atomic E-state index is 11.7. The van der Waals surface area contributed by atoms with E-state index in [1.165, 1.54) is 18.4 Å². The lowest BCUT2D eigenvalue weighted by atomic mass is 9.88. The largest absolute Gasteiger partial charge is 0.465 e. The molecule has 4 aromatic rings. The molecule has 1 aliphatic heterocycles. The van der Waals surface area contributed by atoms with Gasteiger partial charge in [0.05, 0.1) is 12.7 Å². The van der Waals surface area contributed by atoms with Gasteiger partial charge in [0.15, 0.2) is 0 Å². The van der Waals surface area contributed by atoms with Crippen LogP contribution < -0.4 is 5.73 Å². The van der Waals surface area contributed by atoms with Crippen molar-refractivity contribution < 1.29 is 9.53 Å². The van der Waals surface area contributed by atoms with Crippen molar-refractivity contribution >= 4 is 22.8 Å². The van der Waals surface area contributed by atoms with Gasteiger partial charge in [-0.1, -0.05) is 12.1 Å². The van der Waals surface area contributed by atoms with Crippen LogP contribution in [0.5, 0.6) is 0 Å². The molecule has 0 amide bonds. The molecule has 0 bridgehead atoms. The lowest BCUT2D eigenvalue weighted by Crippen LogP contribution is -2.35. The highest BCUT2D eigenvalue weighted by molar-refractivity contribution is 5.94. The third kappa shape index (κ3) is 4.39. The molecule has 0 aliphatic carbocycles. The molecule has 0 spiro atoms. The molecule has 7 nitrogen and oxygen atoms in total. The van der Waals surface area contributed by atoms with E-state index in [1.807, 2.05) is 42.7 Å². The summed E-state index contributed by atoms with van der Waals surface area (Å²) < 4.78 is 7.03. The van der Waals surface area contributed by atoms with Crippen LogP contribution in [-0.2, 0) is 11.8 Å². The second-order valence-corrected chi connectivity index (χ2v) is 9.30. The highest BCUT2D eigenvalue weighted by Gasteiger charge is 2.27. The van der Waals surface area contributed by atoms with Crippen molar-refractivity contribution in [3.05, 3.63) is 77.7 Å². The van der Waals surface area contributed by atoms with E-state index in [2.05, 4.69) is 51.6 Å². The Hall–Kier alpha value is -3.71. The number of nitrogens with two attached hydrogens (primary N) is 1. The number of ether oxygens (including phenoxy) is 1. The number of hydrogen-bond acceptors (Lipinski definition) is 6. The van der Waals surface area contributed by atoms with Gasteiger partial charge in [-0.25, -0.2) is 14.8 Å². The van der Waals surface area contributed by atoms with Gasteiger partial charge in [-0.2, -0.15) is 0 Å². The van der Waals surface area contributed by atoms with E-state index in [4.69, 9.17) is 10.5 Å². The van der Waals surface area contributed by atoms with Crippen LogP contribution in [0.15, 0.2) is 60.9 Å². The van der Waals surface area contributed by atoms with E-state index in [-0.39, 0.29) is 12.0 Å². The van der Waals surface area contributed by atoms with Crippen molar-refractivity contribution in [1.82, 2.24) is 19.4 Å². The Morgan fingerprint density at radius 2 is 1.83 bits per heavy atom. The minimum Gasteiger partial charge on any atom is -0.465 e. The summed E-state index contributed by atoms with van der Waals surface area (Å²) in [6, 6.07) is 16.3. The molecular formula is C28H31N5O2. The standard InChI is InChI=1S/C28H31N5O2/c1-18(33-14-11-20(12-15-33)19-4-6-21(7-5-19)28(34)35-3)25-16-24-23(10-13-30-27(24)32(25)2)22-8-9-26(29)31-17-22/h4-10,13,16-18,20H,11-12,14-15H2,1-3H3,(H2,29,31). The average Bonchev–Trinajstić information content (AvgIpc) is 3.25. The van der Waals surface area contributed by atoms with Crippen LogP contribution in [0.1, 0.15) is 53.3 Å². The first-order chi connectivity index (χ1) is 17.0. The van der Waals surface area contributed by atoms with Crippen molar-refractivity contribution in [1.29, 1.82) is 0 Å². The number of likely N-dealkylation sites (tertiary alicyclic amines) is 1. The molecule has 1 aromatic carbocycles. The number of carbonyl (C=O) groups excluding carboxylic acids is 1. The van der Waals surface area contributed by atoms with Gasteiger partial charge in [0.25, 0.3) is 0 Å². The molecule has 3 aromatic heterocycles. The molecule has 4 heterocycles. The van der Waals surface area contributed by atoms with Crippen molar-refractivity contribution in [2.24, 2.45) is 7.05 Å². The van der Waals surface area contributed by atoms with Crippen LogP contribution in [0.4, 0.5) is 5.82 Å². The first-order valence-electron chi connectivity index (χ1n) is 12.0. The maximum Gasteiger partial charge on any atom is 0.337 e. The molecule has 1 saturated heterocycles. The van der Waals surface area contributed by atoms with Gasteiger partial charge in [0, 0.05) is 42.1 Å². The molecule has 1 atom stereocenters. The van der Waals surface area contributed by atoms with Gasteiger partial charge >= 0.3 is 5.97 Å². The lowest BCUT2D eigenvalue weighted by molar-refractivity contribution is 0.0600. The second-order valence-electron chi connectivity index (χ2n) is 9.30. The van der Waals surface area contributed by atoms with E-state index >= 15 is 0 Å². The third-order valence-corrected chi connectivity index (χ3v) is 7.37. The number of anilines is 1. The normalized spacial score (nSPS) is 15.9. The van der Waals surface area contributed by atoms with Gasteiger partial charge in [0.2, 0.25) is 0 Å². The number of nitrogen functional groups attached to an aromatic ring is 1. The number of hydrogen-bond donors (Lipinski definition) is 1. The van der Waals surface area contributed by atoms with Crippen molar-refractivity contribution in [2.45, 2.75) is 31.7 Å². The maximum atomic E-state index is 11.7. The van der Waals surface area contributed by atoms with Crippen LogP contribution in [0.3, 0.4) is 0 Å². The van der Waals surface area contributed by atoms with Gasteiger partial charge in [-0.15, -0.1) is 0 Å². The number of rotatable bonds is 5. The highest BCUT2D eigenvalue weighted by Crippen LogP contribution is 2.36. The topological polar surface area (TPSA) is 86.3 Å². The van der Waals surface area contributed by atoms with Crippen LogP contribution in [0.25, 0.3) is 22.2 Å². The number of carbonyl (C=O) groups is 1. The van der Waals surface area contributed by atoms with Gasteiger partial charge in [0.1, 0.15) is 11.5 Å². The van der Waals surface area contributed by atoms with Gasteiger partial charge in [-0.3, -0.25) is 4.90 Å².